The lowest BCUT2D eigenvalue weighted by atomic mass is 10.2. The quantitative estimate of drug-likeness (QED) is 0.809. The molecule has 8 nitrogen and oxygen atoms in total. The van der Waals surface area contributed by atoms with Crippen LogP contribution < -0.4 is 0 Å². The van der Waals surface area contributed by atoms with Crippen molar-refractivity contribution in [2.45, 2.75) is 26.4 Å². The molecule has 3 heterocycles. The molecule has 0 atom stereocenters. The van der Waals surface area contributed by atoms with Gasteiger partial charge < -0.3 is 4.52 Å². The van der Waals surface area contributed by atoms with Crippen LogP contribution in [0.25, 0.3) is 11.6 Å². The van der Waals surface area contributed by atoms with E-state index in [2.05, 4.69) is 15.2 Å². The normalized spacial score (nSPS) is 15.8. The molecule has 0 fully saturated rings. The van der Waals surface area contributed by atoms with E-state index in [1.54, 1.807) is 11.7 Å². The highest BCUT2D eigenvalue weighted by atomic mass is 32.2. The molecule has 9 heteroatoms. The van der Waals surface area contributed by atoms with Gasteiger partial charge in [0.1, 0.15) is 0 Å². The highest BCUT2D eigenvalue weighted by molar-refractivity contribution is 7.88. The zero-order valence-electron chi connectivity index (χ0n) is 11.5. The maximum absolute atomic E-state index is 11.7. The van der Waals surface area contributed by atoms with Crippen molar-refractivity contribution in [1.82, 2.24) is 24.2 Å². The van der Waals surface area contributed by atoms with E-state index in [1.807, 2.05) is 6.92 Å². The van der Waals surface area contributed by atoms with E-state index in [0.717, 1.165) is 11.3 Å². The second-order valence-electron chi connectivity index (χ2n) is 4.80. The van der Waals surface area contributed by atoms with Crippen molar-refractivity contribution in [2.75, 3.05) is 6.26 Å². The molecule has 0 amide bonds. The molecule has 20 heavy (non-hydrogen) atoms. The van der Waals surface area contributed by atoms with Crippen LogP contribution in [0.5, 0.6) is 0 Å². The topological polar surface area (TPSA) is 94.1 Å². The molecule has 0 radical (unpaired) electrons. The fourth-order valence-corrected chi connectivity index (χ4v) is 2.99. The first-order chi connectivity index (χ1) is 9.40. The summed E-state index contributed by atoms with van der Waals surface area (Å²) in [5, 5.41) is 8.21. The first kappa shape index (κ1) is 13.3. The molecule has 0 N–H and O–H groups in total. The third kappa shape index (κ3) is 2.02. The van der Waals surface area contributed by atoms with Crippen LogP contribution in [0.3, 0.4) is 0 Å². The summed E-state index contributed by atoms with van der Waals surface area (Å²) in [7, 11) is -1.45. The highest BCUT2D eigenvalue weighted by Gasteiger charge is 2.33. The van der Waals surface area contributed by atoms with Gasteiger partial charge in [0.15, 0.2) is 11.5 Å². The molecule has 3 rings (SSSR count). The summed E-state index contributed by atoms with van der Waals surface area (Å²) in [5.41, 5.74) is 2.27. The maximum Gasteiger partial charge on any atom is 0.278 e. The summed E-state index contributed by atoms with van der Waals surface area (Å²) in [5.74, 6) is 0.950. The molecule has 0 aliphatic carbocycles. The van der Waals surface area contributed by atoms with E-state index in [9.17, 15) is 8.42 Å². The van der Waals surface area contributed by atoms with Crippen molar-refractivity contribution in [2.24, 2.45) is 7.05 Å². The van der Waals surface area contributed by atoms with Crippen LogP contribution in [0, 0.1) is 0 Å². The Hall–Kier alpha value is -1.74. The Balaban J connectivity index is 2.03. The maximum atomic E-state index is 11.7. The Bertz CT molecular complexity index is 761. The summed E-state index contributed by atoms with van der Waals surface area (Å²) in [6, 6.07) is 0. The Morgan fingerprint density at radius 1 is 1.35 bits per heavy atom. The van der Waals surface area contributed by atoms with Crippen molar-refractivity contribution in [3.8, 4) is 11.6 Å². The minimum Gasteiger partial charge on any atom is -0.332 e. The Labute approximate surface area is 116 Å². The van der Waals surface area contributed by atoms with Gasteiger partial charge in [-0.25, -0.2) is 8.42 Å². The van der Waals surface area contributed by atoms with Crippen molar-refractivity contribution >= 4 is 10.0 Å². The molecule has 0 aromatic carbocycles. The Morgan fingerprint density at radius 2 is 2.10 bits per heavy atom. The van der Waals surface area contributed by atoms with E-state index in [1.165, 1.54) is 10.6 Å². The molecule has 2 aromatic rings. The number of rotatable bonds is 3. The second-order valence-corrected chi connectivity index (χ2v) is 6.78. The van der Waals surface area contributed by atoms with Gasteiger partial charge in [-0.3, -0.25) is 4.68 Å². The molecule has 0 saturated carbocycles. The Kier molecular flexibility index (Phi) is 2.91. The van der Waals surface area contributed by atoms with Gasteiger partial charge in [-0.2, -0.15) is 14.4 Å². The molecule has 1 aliphatic rings. The third-order valence-electron chi connectivity index (χ3n) is 3.39. The summed E-state index contributed by atoms with van der Waals surface area (Å²) in [6.07, 6.45) is 1.88. The van der Waals surface area contributed by atoms with Crippen molar-refractivity contribution in [1.29, 1.82) is 0 Å². The van der Waals surface area contributed by atoms with Crippen LogP contribution >= 0.6 is 0 Å². The molecule has 0 saturated heterocycles. The molecule has 0 unspecified atom stereocenters. The first-order valence-electron chi connectivity index (χ1n) is 6.23. The van der Waals surface area contributed by atoms with Crippen LogP contribution in [-0.4, -0.2) is 38.9 Å². The van der Waals surface area contributed by atoms with Gasteiger partial charge in [0.05, 0.1) is 18.5 Å². The lowest BCUT2D eigenvalue weighted by Crippen LogP contribution is -2.24. The largest absolute Gasteiger partial charge is 0.332 e. The number of nitrogens with zero attached hydrogens (tertiary/aromatic N) is 5. The van der Waals surface area contributed by atoms with Crippen molar-refractivity contribution in [3.05, 3.63) is 17.1 Å². The smallest absolute Gasteiger partial charge is 0.278 e. The molecule has 108 valence electrons. The predicted octanol–water partition coefficient (Wildman–Crippen LogP) is 0.308. The van der Waals surface area contributed by atoms with Gasteiger partial charge in [0.2, 0.25) is 10.0 Å². The molecular weight excluding hydrogens is 282 g/mol. The monoisotopic (exact) mass is 297 g/mol. The van der Waals surface area contributed by atoms with Gasteiger partial charge in [-0.1, -0.05) is 12.1 Å². The lowest BCUT2D eigenvalue weighted by Gasteiger charge is -2.11. The van der Waals surface area contributed by atoms with E-state index < -0.39 is 10.0 Å². The number of hydrogen-bond donors (Lipinski definition) is 0. The highest BCUT2D eigenvalue weighted by Crippen LogP contribution is 2.32. The third-order valence-corrected chi connectivity index (χ3v) is 4.59. The SMILES string of the molecule is CCc1noc(-c2nn(C)c3c2CN(S(C)(=O)=O)C3)n1. The number of sulfonamides is 1. The van der Waals surface area contributed by atoms with E-state index >= 15 is 0 Å². The summed E-state index contributed by atoms with van der Waals surface area (Å²) in [6.45, 7) is 2.55. The van der Waals surface area contributed by atoms with Crippen molar-refractivity contribution < 1.29 is 12.9 Å². The minimum atomic E-state index is -3.23. The van der Waals surface area contributed by atoms with E-state index in [-0.39, 0.29) is 0 Å². The van der Waals surface area contributed by atoms with Crippen molar-refractivity contribution in [3.63, 3.8) is 0 Å². The van der Waals surface area contributed by atoms with Gasteiger partial charge in [0, 0.05) is 25.6 Å². The standard InChI is InChI=1S/C11H15N5O3S/c1-4-9-12-11(19-14-9)10-7-5-16(20(3,17)18)6-8(7)15(2)13-10/h4-6H2,1-3H3. The van der Waals surface area contributed by atoms with Gasteiger partial charge in [0.25, 0.3) is 5.89 Å². The second kappa shape index (κ2) is 4.38. The van der Waals surface area contributed by atoms with Gasteiger partial charge in [-0.15, -0.1) is 0 Å². The number of hydrogen-bond acceptors (Lipinski definition) is 6. The number of fused-ring (bicyclic) bond motifs is 1. The summed E-state index contributed by atoms with van der Waals surface area (Å²) in [4.78, 5) is 4.26. The van der Waals surface area contributed by atoms with E-state index in [4.69, 9.17) is 4.52 Å². The van der Waals surface area contributed by atoms with Crippen LogP contribution in [0.15, 0.2) is 4.52 Å². The Morgan fingerprint density at radius 3 is 2.70 bits per heavy atom. The average Bonchev–Trinajstić information content (AvgIpc) is 3.04. The fraction of sp³-hybridized carbons (Fsp3) is 0.545. The number of aryl methyl sites for hydroxylation is 2. The summed E-state index contributed by atoms with van der Waals surface area (Å²) >= 11 is 0. The van der Waals surface area contributed by atoms with Gasteiger partial charge in [-0.05, 0) is 0 Å². The van der Waals surface area contributed by atoms with Crippen LogP contribution in [-0.2, 0) is 36.6 Å². The molecular formula is C11H15N5O3S. The van der Waals surface area contributed by atoms with E-state index in [0.29, 0.717) is 36.9 Å². The average molecular weight is 297 g/mol. The zero-order chi connectivity index (χ0) is 14.5. The van der Waals surface area contributed by atoms with Gasteiger partial charge >= 0.3 is 0 Å². The lowest BCUT2D eigenvalue weighted by molar-refractivity contribution is 0.414. The number of aromatic nitrogens is 4. The predicted molar refractivity (Wildman–Crippen MR) is 70.0 cm³/mol. The minimum absolute atomic E-state index is 0.293. The van der Waals surface area contributed by atoms with Crippen LogP contribution in [0.4, 0.5) is 0 Å². The van der Waals surface area contributed by atoms with Crippen LogP contribution in [0.1, 0.15) is 24.0 Å². The van der Waals surface area contributed by atoms with Crippen LogP contribution in [0.2, 0.25) is 0 Å². The molecule has 1 aliphatic heterocycles. The fourth-order valence-electron chi connectivity index (χ4n) is 2.27. The summed E-state index contributed by atoms with van der Waals surface area (Å²) < 4.78 is 31.6. The molecule has 0 spiro atoms. The zero-order valence-corrected chi connectivity index (χ0v) is 12.3. The molecule has 0 bridgehead atoms. The first-order valence-corrected chi connectivity index (χ1v) is 8.07. The molecule has 2 aromatic heterocycles.